The van der Waals surface area contributed by atoms with Crippen molar-refractivity contribution in [3.63, 3.8) is 0 Å². The molecule has 0 spiro atoms. The van der Waals surface area contributed by atoms with Crippen LogP contribution in [0, 0.1) is 0 Å². The summed E-state index contributed by atoms with van der Waals surface area (Å²) in [7, 11) is 0. The molecule has 2 atom stereocenters. The summed E-state index contributed by atoms with van der Waals surface area (Å²) in [5.74, 6) is -0.0162. The summed E-state index contributed by atoms with van der Waals surface area (Å²) in [5, 5.41) is 23.4. The van der Waals surface area contributed by atoms with Crippen LogP contribution in [0.1, 0.15) is 399 Å². The van der Waals surface area contributed by atoms with Crippen molar-refractivity contribution in [1.82, 2.24) is 5.32 Å². The standard InChI is InChI=1S/C68H135NO5/c1-3-5-7-9-11-13-15-17-19-20-21-22-23-26-29-33-36-40-44-48-52-56-60-66(71)65(64-70)69-67(72)61-57-53-49-45-41-37-34-30-27-24-25-28-31-35-39-43-47-51-55-59-63-74-68(73)62-58-54-50-46-42-38-32-18-16-14-12-10-8-6-4-2/h65-66,70-71H,3-64H2,1-2H3,(H,69,72). The summed E-state index contributed by atoms with van der Waals surface area (Å²) < 4.78 is 5.50. The minimum atomic E-state index is -0.666. The number of carbonyl (C=O) groups excluding carboxylic acids is 2. The van der Waals surface area contributed by atoms with Gasteiger partial charge in [0, 0.05) is 12.8 Å². The zero-order valence-corrected chi connectivity index (χ0v) is 50.6. The molecule has 0 heterocycles. The minimum absolute atomic E-state index is 0.0151. The molecule has 0 aliphatic rings. The van der Waals surface area contributed by atoms with Gasteiger partial charge in [-0.15, -0.1) is 0 Å². The van der Waals surface area contributed by atoms with E-state index >= 15 is 0 Å². The second-order valence-electron chi connectivity index (χ2n) is 23.9. The van der Waals surface area contributed by atoms with Gasteiger partial charge in [0.1, 0.15) is 0 Å². The average Bonchev–Trinajstić information content (AvgIpc) is 3.40. The minimum Gasteiger partial charge on any atom is -0.466 e. The fourth-order valence-corrected chi connectivity index (χ4v) is 11.2. The van der Waals surface area contributed by atoms with Gasteiger partial charge in [0.05, 0.1) is 25.4 Å². The Morgan fingerprint density at radius 3 is 0.824 bits per heavy atom. The van der Waals surface area contributed by atoms with Gasteiger partial charge in [-0.1, -0.05) is 361 Å². The lowest BCUT2D eigenvalue weighted by Crippen LogP contribution is -2.45. The van der Waals surface area contributed by atoms with Gasteiger partial charge in [0.15, 0.2) is 0 Å². The molecule has 442 valence electrons. The smallest absolute Gasteiger partial charge is 0.305 e. The number of aliphatic hydroxyl groups is 2. The Morgan fingerprint density at radius 2 is 0.554 bits per heavy atom. The van der Waals surface area contributed by atoms with E-state index in [9.17, 15) is 19.8 Å². The summed E-state index contributed by atoms with van der Waals surface area (Å²) in [5.41, 5.74) is 0. The number of ether oxygens (including phenoxy) is 1. The first-order valence-electron chi connectivity index (χ1n) is 34.3. The lowest BCUT2D eigenvalue weighted by molar-refractivity contribution is -0.143. The van der Waals surface area contributed by atoms with E-state index in [-0.39, 0.29) is 18.5 Å². The number of amides is 1. The highest BCUT2D eigenvalue weighted by Gasteiger charge is 2.20. The average molecular weight is 1050 g/mol. The summed E-state index contributed by atoms with van der Waals surface area (Å²) in [4.78, 5) is 24.6. The first-order chi connectivity index (χ1) is 36.5. The third-order valence-electron chi connectivity index (χ3n) is 16.4. The molecule has 0 aromatic carbocycles. The van der Waals surface area contributed by atoms with Crippen molar-refractivity contribution in [2.45, 2.75) is 411 Å². The summed E-state index contributed by atoms with van der Waals surface area (Å²) in [6, 6.07) is -0.543. The van der Waals surface area contributed by atoms with Crippen LogP contribution in [0.4, 0.5) is 0 Å². The maximum atomic E-state index is 12.5. The van der Waals surface area contributed by atoms with Crippen molar-refractivity contribution in [1.29, 1.82) is 0 Å². The van der Waals surface area contributed by atoms with Crippen molar-refractivity contribution < 1.29 is 24.5 Å². The molecule has 0 aliphatic heterocycles. The SMILES string of the molecule is CCCCCCCCCCCCCCCCCCCCCCCCC(O)C(CO)NC(=O)CCCCCCCCCCCCCCCCCCCCCCOC(=O)CCCCCCCCCCCCCCCCC. The molecule has 1 amide bonds. The molecule has 6 heteroatoms. The number of nitrogens with one attached hydrogen (secondary N) is 1. The first-order valence-corrected chi connectivity index (χ1v) is 34.3. The lowest BCUT2D eigenvalue weighted by Gasteiger charge is -2.22. The Balaban J connectivity index is 3.37. The molecule has 0 bridgehead atoms. The van der Waals surface area contributed by atoms with Crippen LogP contribution in [-0.2, 0) is 14.3 Å². The van der Waals surface area contributed by atoms with Crippen LogP contribution in [0.25, 0.3) is 0 Å². The van der Waals surface area contributed by atoms with E-state index in [1.165, 1.54) is 327 Å². The molecule has 0 saturated heterocycles. The molecule has 0 rings (SSSR count). The van der Waals surface area contributed by atoms with Crippen molar-refractivity contribution in [2.75, 3.05) is 13.2 Å². The third-order valence-corrected chi connectivity index (χ3v) is 16.4. The van der Waals surface area contributed by atoms with Crippen LogP contribution < -0.4 is 5.32 Å². The zero-order chi connectivity index (χ0) is 53.6. The molecular formula is C68H135NO5. The Bertz CT molecular complexity index is 1070. The van der Waals surface area contributed by atoms with Gasteiger partial charge >= 0.3 is 5.97 Å². The topological polar surface area (TPSA) is 95.9 Å². The molecule has 2 unspecified atom stereocenters. The van der Waals surface area contributed by atoms with Crippen molar-refractivity contribution >= 4 is 11.9 Å². The summed E-state index contributed by atoms with van der Waals surface area (Å²) >= 11 is 0. The molecule has 3 N–H and O–H groups in total. The van der Waals surface area contributed by atoms with Crippen LogP contribution in [0.5, 0.6) is 0 Å². The molecule has 6 nitrogen and oxygen atoms in total. The normalized spacial score (nSPS) is 12.4. The monoisotopic (exact) mass is 1050 g/mol. The number of hydrogen-bond acceptors (Lipinski definition) is 5. The summed E-state index contributed by atoms with van der Waals surface area (Å²) in [6.07, 6.45) is 77.0. The number of carbonyl (C=O) groups is 2. The highest BCUT2D eigenvalue weighted by molar-refractivity contribution is 5.76. The number of esters is 1. The number of unbranched alkanes of at least 4 members (excludes halogenated alkanes) is 54. The predicted molar refractivity (Wildman–Crippen MR) is 324 cm³/mol. The highest BCUT2D eigenvalue weighted by Crippen LogP contribution is 2.19. The Labute approximate surface area is 464 Å². The van der Waals surface area contributed by atoms with Crippen LogP contribution >= 0.6 is 0 Å². The number of hydrogen-bond donors (Lipinski definition) is 3. The molecular weight excluding hydrogens is 911 g/mol. The van der Waals surface area contributed by atoms with Gasteiger partial charge in [0.25, 0.3) is 0 Å². The zero-order valence-electron chi connectivity index (χ0n) is 50.6. The van der Waals surface area contributed by atoms with E-state index < -0.39 is 12.1 Å². The van der Waals surface area contributed by atoms with Crippen LogP contribution in [0.3, 0.4) is 0 Å². The maximum absolute atomic E-state index is 12.5. The largest absolute Gasteiger partial charge is 0.466 e. The first kappa shape index (κ1) is 72.9. The number of rotatable bonds is 65. The maximum Gasteiger partial charge on any atom is 0.305 e. The van der Waals surface area contributed by atoms with Gasteiger partial charge in [0.2, 0.25) is 5.91 Å². The Kier molecular flexibility index (Phi) is 63.4. The van der Waals surface area contributed by atoms with E-state index in [0.29, 0.717) is 25.9 Å². The molecule has 74 heavy (non-hydrogen) atoms. The molecule has 0 fully saturated rings. The van der Waals surface area contributed by atoms with E-state index in [2.05, 4.69) is 19.2 Å². The second-order valence-corrected chi connectivity index (χ2v) is 23.9. The van der Waals surface area contributed by atoms with Gasteiger partial charge in [-0.2, -0.15) is 0 Å². The van der Waals surface area contributed by atoms with Gasteiger partial charge < -0.3 is 20.3 Å². The van der Waals surface area contributed by atoms with Crippen LogP contribution in [0.15, 0.2) is 0 Å². The second kappa shape index (κ2) is 64.4. The van der Waals surface area contributed by atoms with E-state index in [1.54, 1.807) is 0 Å². The van der Waals surface area contributed by atoms with Crippen molar-refractivity contribution in [3.8, 4) is 0 Å². The molecule has 0 aliphatic carbocycles. The predicted octanol–water partition coefficient (Wildman–Crippen LogP) is 21.8. The lowest BCUT2D eigenvalue weighted by atomic mass is 10.0. The number of aliphatic hydroxyl groups excluding tert-OH is 2. The van der Waals surface area contributed by atoms with Crippen LogP contribution in [-0.4, -0.2) is 47.4 Å². The van der Waals surface area contributed by atoms with Gasteiger partial charge in [-0.25, -0.2) is 0 Å². The fourth-order valence-electron chi connectivity index (χ4n) is 11.2. The molecule has 0 radical (unpaired) electrons. The van der Waals surface area contributed by atoms with Crippen molar-refractivity contribution in [2.24, 2.45) is 0 Å². The van der Waals surface area contributed by atoms with E-state index in [0.717, 1.165) is 38.5 Å². The molecule has 0 aromatic heterocycles. The Hall–Kier alpha value is -1.14. The van der Waals surface area contributed by atoms with E-state index in [1.807, 2.05) is 0 Å². The van der Waals surface area contributed by atoms with E-state index in [4.69, 9.17) is 4.74 Å². The quantitative estimate of drug-likeness (QED) is 0.0417. The highest BCUT2D eigenvalue weighted by atomic mass is 16.5. The third kappa shape index (κ3) is 60.1. The Morgan fingerprint density at radius 1 is 0.324 bits per heavy atom. The van der Waals surface area contributed by atoms with Gasteiger partial charge in [-0.05, 0) is 25.7 Å². The molecule has 0 aromatic rings. The van der Waals surface area contributed by atoms with Crippen LogP contribution in [0.2, 0.25) is 0 Å². The van der Waals surface area contributed by atoms with Gasteiger partial charge in [-0.3, -0.25) is 9.59 Å². The summed E-state index contributed by atoms with van der Waals surface area (Å²) in [6.45, 7) is 5.00. The molecule has 0 saturated carbocycles. The fraction of sp³-hybridized carbons (Fsp3) is 0.971. The van der Waals surface area contributed by atoms with Crippen molar-refractivity contribution in [3.05, 3.63) is 0 Å².